The van der Waals surface area contributed by atoms with E-state index in [9.17, 15) is 4.79 Å². The van der Waals surface area contributed by atoms with Gasteiger partial charge in [0.15, 0.2) is 0 Å². The Hall–Kier alpha value is -3.54. The first kappa shape index (κ1) is 29.0. The molecule has 3 aromatic rings. The predicted molar refractivity (Wildman–Crippen MR) is 166 cm³/mol. The summed E-state index contributed by atoms with van der Waals surface area (Å²) in [7, 11) is 1.67. The van der Waals surface area contributed by atoms with Crippen LogP contribution in [-0.2, 0) is 0 Å². The molecule has 1 saturated heterocycles. The molecule has 2 heterocycles. The number of carbonyl (C=O) groups is 1. The first-order chi connectivity index (χ1) is 20.0. The number of carbonyl (C=O) groups excluding carboxylic acids is 1. The second kappa shape index (κ2) is 13.4. The summed E-state index contributed by atoms with van der Waals surface area (Å²) < 4.78 is 11.9. The van der Waals surface area contributed by atoms with Crippen LogP contribution in [0.3, 0.4) is 0 Å². The molecular formula is C35H45N3O3. The van der Waals surface area contributed by atoms with Crippen LogP contribution in [-0.4, -0.2) is 44.2 Å². The quantitative estimate of drug-likeness (QED) is 0.230. The molecule has 0 spiro atoms. The third-order valence-electron chi connectivity index (χ3n) is 8.51. The third kappa shape index (κ3) is 7.22. The number of anilines is 2. The van der Waals surface area contributed by atoms with Gasteiger partial charge in [0.1, 0.15) is 17.3 Å². The van der Waals surface area contributed by atoms with Crippen LogP contribution in [0.5, 0.6) is 11.5 Å². The third-order valence-corrected chi connectivity index (χ3v) is 8.51. The molecule has 1 atom stereocenters. The minimum Gasteiger partial charge on any atom is -0.497 e. The van der Waals surface area contributed by atoms with E-state index in [1.54, 1.807) is 18.2 Å². The monoisotopic (exact) mass is 555 g/mol. The Kier molecular flexibility index (Phi) is 9.48. The van der Waals surface area contributed by atoms with Crippen LogP contribution < -0.4 is 19.3 Å². The molecule has 1 aliphatic heterocycles. The van der Waals surface area contributed by atoms with E-state index in [0.29, 0.717) is 35.7 Å². The highest BCUT2D eigenvalue weighted by Crippen LogP contribution is 2.45. The van der Waals surface area contributed by atoms with Gasteiger partial charge in [0.05, 0.1) is 25.0 Å². The van der Waals surface area contributed by atoms with Gasteiger partial charge in [0.25, 0.3) is 5.91 Å². The first-order valence-corrected chi connectivity index (χ1v) is 15.4. The smallest absolute Gasteiger partial charge is 0.261 e. The molecule has 41 heavy (non-hydrogen) atoms. The van der Waals surface area contributed by atoms with E-state index >= 15 is 0 Å². The summed E-state index contributed by atoms with van der Waals surface area (Å²) in [5.41, 5.74) is 3.04. The molecule has 2 aromatic carbocycles. The Morgan fingerprint density at radius 3 is 2.46 bits per heavy atom. The summed E-state index contributed by atoms with van der Waals surface area (Å²) in [6.07, 6.45) is 7.69. The van der Waals surface area contributed by atoms with Crippen molar-refractivity contribution in [2.24, 2.45) is 17.8 Å². The first-order valence-electron chi connectivity index (χ1n) is 15.4. The Morgan fingerprint density at radius 1 is 1.00 bits per heavy atom. The topological polar surface area (TPSA) is 54.9 Å². The zero-order valence-electron chi connectivity index (χ0n) is 25.1. The van der Waals surface area contributed by atoms with Crippen LogP contribution in [0.4, 0.5) is 11.5 Å². The summed E-state index contributed by atoms with van der Waals surface area (Å²) in [6, 6.07) is 20.3. The number of benzene rings is 2. The van der Waals surface area contributed by atoms with E-state index in [1.165, 1.54) is 24.8 Å². The molecule has 1 aliphatic carbocycles. The van der Waals surface area contributed by atoms with Gasteiger partial charge in [-0.1, -0.05) is 39.0 Å². The van der Waals surface area contributed by atoms with Crippen molar-refractivity contribution >= 4 is 17.4 Å². The Morgan fingerprint density at radius 2 is 1.80 bits per heavy atom. The van der Waals surface area contributed by atoms with Gasteiger partial charge in [-0.25, -0.2) is 4.98 Å². The highest BCUT2D eigenvalue weighted by atomic mass is 16.5. The second-order valence-electron chi connectivity index (χ2n) is 12.0. The van der Waals surface area contributed by atoms with E-state index < -0.39 is 0 Å². The van der Waals surface area contributed by atoms with Gasteiger partial charge in [-0.2, -0.15) is 0 Å². The van der Waals surface area contributed by atoms with Crippen LogP contribution in [0, 0.1) is 17.8 Å². The summed E-state index contributed by atoms with van der Waals surface area (Å²) in [4.78, 5) is 22.6. The largest absolute Gasteiger partial charge is 0.497 e. The van der Waals surface area contributed by atoms with Crippen molar-refractivity contribution in [3.63, 3.8) is 0 Å². The lowest BCUT2D eigenvalue weighted by atomic mass is 9.92. The molecule has 0 bridgehead atoms. The number of piperidine rings is 1. The molecule has 0 N–H and O–H groups in total. The SMILES string of the molecule is CCC(c1cccc(OCC2CCN(c3cc(OC)ccc3C(=O)N(CC(C)C)c3ccccn3)CC2)c1)C1CC1. The predicted octanol–water partition coefficient (Wildman–Crippen LogP) is 7.59. The molecule has 1 unspecified atom stereocenters. The molecule has 0 radical (unpaired) electrons. The van der Waals surface area contributed by atoms with E-state index in [-0.39, 0.29) is 5.91 Å². The molecule has 5 rings (SSSR count). The normalized spacial score (nSPS) is 16.5. The maximum absolute atomic E-state index is 14.0. The minimum absolute atomic E-state index is 0.0306. The van der Waals surface area contributed by atoms with Gasteiger partial charge in [-0.05, 0) is 97.7 Å². The van der Waals surface area contributed by atoms with Gasteiger partial charge < -0.3 is 14.4 Å². The number of amides is 1. The van der Waals surface area contributed by atoms with Crippen molar-refractivity contribution < 1.29 is 14.3 Å². The van der Waals surface area contributed by atoms with Gasteiger partial charge >= 0.3 is 0 Å². The number of ether oxygens (including phenoxy) is 2. The number of aromatic nitrogens is 1. The Bertz CT molecular complexity index is 1280. The van der Waals surface area contributed by atoms with Gasteiger partial charge in [-0.15, -0.1) is 0 Å². The van der Waals surface area contributed by atoms with Crippen molar-refractivity contribution in [2.75, 3.05) is 43.2 Å². The van der Waals surface area contributed by atoms with Crippen molar-refractivity contribution in [2.45, 2.75) is 58.8 Å². The number of methoxy groups -OCH3 is 1. The van der Waals surface area contributed by atoms with Crippen molar-refractivity contribution in [3.05, 3.63) is 78.0 Å². The number of hydrogen-bond acceptors (Lipinski definition) is 5. The maximum Gasteiger partial charge on any atom is 0.261 e. The fraction of sp³-hybridized carbons (Fsp3) is 0.486. The fourth-order valence-corrected chi connectivity index (χ4v) is 6.11. The van der Waals surface area contributed by atoms with Crippen LogP contribution in [0.1, 0.15) is 74.7 Å². The highest BCUT2D eigenvalue weighted by Gasteiger charge is 2.31. The van der Waals surface area contributed by atoms with Crippen molar-refractivity contribution in [1.82, 2.24) is 4.98 Å². The average Bonchev–Trinajstić information content (AvgIpc) is 3.85. The summed E-state index contributed by atoms with van der Waals surface area (Å²) in [6.45, 7) is 9.60. The summed E-state index contributed by atoms with van der Waals surface area (Å²) >= 11 is 0. The van der Waals surface area contributed by atoms with E-state index in [1.807, 2.05) is 36.4 Å². The molecule has 1 amide bonds. The van der Waals surface area contributed by atoms with Gasteiger partial charge in [0.2, 0.25) is 0 Å². The highest BCUT2D eigenvalue weighted by molar-refractivity contribution is 6.09. The zero-order valence-corrected chi connectivity index (χ0v) is 25.1. The molecule has 2 aliphatic rings. The lowest BCUT2D eigenvalue weighted by molar-refractivity contribution is 0.0983. The molecule has 2 fully saturated rings. The summed E-state index contributed by atoms with van der Waals surface area (Å²) in [5, 5.41) is 0. The molecule has 6 nitrogen and oxygen atoms in total. The Labute approximate surface area is 245 Å². The average molecular weight is 556 g/mol. The minimum atomic E-state index is -0.0306. The van der Waals surface area contributed by atoms with Crippen LogP contribution in [0.15, 0.2) is 66.9 Å². The van der Waals surface area contributed by atoms with Crippen LogP contribution in [0.25, 0.3) is 0 Å². The number of hydrogen-bond donors (Lipinski definition) is 0. The van der Waals surface area contributed by atoms with E-state index in [2.05, 4.69) is 54.9 Å². The van der Waals surface area contributed by atoms with Crippen molar-refractivity contribution in [3.8, 4) is 11.5 Å². The fourth-order valence-electron chi connectivity index (χ4n) is 6.11. The van der Waals surface area contributed by atoms with Crippen molar-refractivity contribution in [1.29, 1.82) is 0 Å². The zero-order chi connectivity index (χ0) is 28.8. The molecular weight excluding hydrogens is 510 g/mol. The molecule has 6 heteroatoms. The number of nitrogens with zero attached hydrogens (tertiary/aromatic N) is 3. The number of pyridine rings is 1. The van der Waals surface area contributed by atoms with Gasteiger partial charge in [-0.3, -0.25) is 9.69 Å². The molecule has 218 valence electrons. The lowest BCUT2D eigenvalue weighted by Gasteiger charge is -2.35. The standard InChI is InChI=1S/C35H45N3O3/c1-5-31(27-12-13-27)28-9-8-10-30(21-28)41-24-26-16-19-37(20-17-26)33-22-29(40-4)14-15-32(33)35(39)38(23-25(2)3)34-11-6-7-18-36-34/h6-11,14-15,18,21-22,25-27,31H,5,12-13,16-17,19-20,23-24H2,1-4H3. The molecule has 1 aromatic heterocycles. The van der Waals surface area contributed by atoms with E-state index in [4.69, 9.17) is 9.47 Å². The second-order valence-corrected chi connectivity index (χ2v) is 12.0. The lowest BCUT2D eigenvalue weighted by Crippen LogP contribution is -2.39. The summed E-state index contributed by atoms with van der Waals surface area (Å²) in [5.74, 6) is 4.70. The number of rotatable bonds is 12. The van der Waals surface area contributed by atoms with E-state index in [0.717, 1.165) is 55.6 Å². The maximum atomic E-state index is 14.0. The Balaban J connectivity index is 1.26. The molecule has 1 saturated carbocycles. The van der Waals surface area contributed by atoms with Crippen LogP contribution in [0.2, 0.25) is 0 Å². The van der Waals surface area contributed by atoms with Crippen LogP contribution >= 0.6 is 0 Å². The van der Waals surface area contributed by atoms with Gasteiger partial charge in [0, 0.05) is 31.9 Å².